The number of carboxylic acid groups (broad SMARTS) is 1. The van der Waals surface area contributed by atoms with Crippen molar-refractivity contribution in [2.45, 2.75) is 25.9 Å². The number of carboxylic acids is 1. The predicted octanol–water partition coefficient (Wildman–Crippen LogP) is 6.25. The van der Waals surface area contributed by atoms with E-state index in [1.165, 1.54) is 18.2 Å². The molecule has 0 bridgehead atoms. The summed E-state index contributed by atoms with van der Waals surface area (Å²) in [5.41, 5.74) is 3.27. The van der Waals surface area contributed by atoms with Gasteiger partial charge in [0.05, 0.1) is 18.1 Å². The van der Waals surface area contributed by atoms with Crippen molar-refractivity contribution in [3.8, 4) is 22.6 Å². The number of hydrogen-bond donors (Lipinski definition) is 2. The third-order valence-electron chi connectivity index (χ3n) is 6.44. The lowest BCUT2D eigenvalue weighted by Gasteiger charge is -2.19. The predicted molar refractivity (Wildman–Crippen MR) is 135 cm³/mol. The van der Waals surface area contributed by atoms with Crippen LogP contribution in [0.15, 0.2) is 54.6 Å². The first-order valence-corrected chi connectivity index (χ1v) is 11.9. The van der Waals surface area contributed by atoms with Crippen molar-refractivity contribution < 1.29 is 37.7 Å². The van der Waals surface area contributed by atoms with E-state index in [2.05, 4.69) is 0 Å². The van der Waals surface area contributed by atoms with Gasteiger partial charge in [-0.15, -0.1) is 0 Å². The Balaban J connectivity index is 1.64. The number of halogens is 3. The number of aryl methyl sites for hydroxylation is 1. The summed E-state index contributed by atoms with van der Waals surface area (Å²) >= 11 is 0. The molecule has 3 aromatic carbocycles. The summed E-state index contributed by atoms with van der Waals surface area (Å²) in [4.78, 5) is 11.2. The van der Waals surface area contributed by atoms with Gasteiger partial charge in [0.25, 0.3) is 0 Å². The van der Waals surface area contributed by atoms with Crippen LogP contribution in [0.1, 0.15) is 34.2 Å². The summed E-state index contributed by atoms with van der Waals surface area (Å²) in [5, 5.41) is 18.3. The number of fused-ring (bicyclic) bond motifs is 1. The molecule has 5 nitrogen and oxygen atoms in total. The van der Waals surface area contributed by atoms with Crippen LogP contribution in [0, 0.1) is 12.8 Å². The number of aliphatic hydroxyl groups excluding tert-OH is 1. The van der Waals surface area contributed by atoms with Crippen molar-refractivity contribution in [2.75, 3.05) is 19.8 Å². The summed E-state index contributed by atoms with van der Waals surface area (Å²) in [6.45, 7) is 2.35. The van der Waals surface area contributed by atoms with Gasteiger partial charge in [-0.2, -0.15) is 13.2 Å². The van der Waals surface area contributed by atoms with Crippen LogP contribution >= 0.6 is 0 Å². The maximum Gasteiger partial charge on any atom is 0.416 e. The molecule has 0 amide bonds. The van der Waals surface area contributed by atoms with Crippen LogP contribution in [0.5, 0.6) is 11.5 Å². The minimum atomic E-state index is -4.55. The number of carbonyl (C=O) groups is 1. The Morgan fingerprint density at radius 3 is 2.43 bits per heavy atom. The van der Waals surface area contributed by atoms with Gasteiger partial charge >= 0.3 is 12.1 Å². The van der Waals surface area contributed by atoms with Crippen molar-refractivity contribution in [3.05, 3.63) is 82.4 Å². The summed E-state index contributed by atoms with van der Waals surface area (Å²) in [6, 6.07) is 15.1. The lowest BCUT2D eigenvalue weighted by atomic mass is 9.94. The number of ether oxygens (including phenoxy) is 2. The maximum atomic E-state index is 13.7. The van der Waals surface area contributed by atoms with Gasteiger partial charge in [-0.1, -0.05) is 48.6 Å². The second-order valence-electron chi connectivity index (χ2n) is 8.89. The summed E-state index contributed by atoms with van der Waals surface area (Å²) in [7, 11) is 0. The largest absolute Gasteiger partial charge is 0.486 e. The zero-order valence-electron chi connectivity index (χ0n) is 20.2. The van der Waals surface area contributed by atoms with Crippen molar-refractivity contribution >= 4 is 18.1 Å². The summed E-state index contributed by atoms with van der Waals surface area (Å²) in [5.74, 6) is -0.769. The second-order valence-corrected chi connectivity index (χ2v) is 8.89. The molecular formula is C29H27F3O5. The van der Waals surface area contributed by atoms with Crippen molar-refractivity contribution in [1.82, 2.24) is 0 Å². The molecule has 2 N–H and O–H groups in total. The molecule has 1 heterocycles. The number of benzene rings is 3. The highest BCUT2D eigenvalue weighted by Crippen LogP contribution is 2.37. The molecule has 0 spiro atoms. The van der Waals surface area contributed by atoms with Crippen LogP contribution in [0.3, 0.4) is 0 Å². The number of rotatable bonds is 8. The van der Waals surface area contributed by atoms with Crippen LogP contribution in [0.4, 0.5) is 13.2 Å². The van der Waals surface area contributed by atoms with Crippen LogP contribution in [-0.4, -0.2) is 36.0 Å². The first-order valence-electron chi connectivity index (χ1n) is 11.9. The normalized spacial score (nSPS) is 14.1. The Bertz CT molecular complexity index is 1310. The molecule has 0 aliphatic carbocycles. The lowest BCUT2D eigenvalue weighted by Crippen LogP contribution is -2.18. The van der Waals surface area contributed by atoms with Gasteiger partial charge in [-0.05, 0) is 71.3 Å². The quantitative estimate of drug-likeness (QED) is 0.349. The topological polar surface area (TPSA) is 76.0 Å². The van der Waals surface area contributed by atoms with E-state index in [4.69, 9.17) is 14.6 Å². The fourth-order valence-electron chi connectivity index (χ4n) is 4.33. The first kappa shape index (κ1) is 26.3. The monoisotopic (exact) mass is 512 g/mol. The Morgan fingerprint density at radius 2 is 1.73 bits per heavy atom. The number of aliphatic carboxylic acids is 1. The highest BCUT2D eigenvalue weighted by atomic mass is 19.4. The molecule has 0 saturated carbocycles. The molecule has 8 heteroatoms. The van der Waals surface area contributed by atoms with E-state index in [9.17, 15) is 23.1 Å². The average Bonchev–Trinajstić information content (AvgIpc) is 2.87. The van der Waals surface area contributed by atoms with Gasteiger partial charge < -0.3 is 19.7 Å². The Kier molecular flexibility index (Phi) is 7.88. The molecule has 0 aromatic heterocycles. The van der Waals surface area contributed by atoms with E-state index < -0.39 is 30.2 Å². The van der Waals surface area contributed by atoms with Gasteiger partial charge in [0.1, 0.15) is 13.2 Å². The summed E-state index contributed by atoms with van der Waals surface area (Å²) < 4.78 is 52.4. The Hall–Kier alpha value is -3.78. The van der Waals surface area contributed by atoms with Gasteiger partial charge in [0.2, 0.25) is 0 Å². The van der Waals surface area contributed by atoms with Crippen LogP contribution < -0.4 is 9.47 Å². The minimum absolute atomic E-state index is 0.00925. The van der Waals surface area contributed by atoms with Crippen LogP contribution in [0.2, 0.25) is 0 Å². The van der Waals surface area contributed by atoms with Gasteiger partial charge in [0.15, 0.2) is 11.5 Å². The van der Waals surface area contributed by atoms with Crippen molar-refractivity contribution in [1.29, 1.82) is 0 Å². The van der Waals surface area contributed by atoms with Crippen molar-refractivity contribution in [3.63, 3.8) is 0 Å². The molecule has 0 radical (unpaired) electrons. The molecule has 0 fully saturated rings. The maximum absolute atomic E-state index is 13.7. The average molecular weight is 513 g/mol. The number of aliphatic hydroxyl groups is 1. The van der Waals surface area contributed by atoms with E-state index in [-0.39, 0.29) is 18.4 Å². The van der Waals surface area contributed by atoms with Crippen LogP contribution in [-0.2, 0) is 17.4 Å². The molecule has 1 aliphatic rings. The summed E-state index contributed by atoms with van der Waals surface area (Å²) in [6.07, 6.45) is -1.11. The molecule has 1 unspecified atom stereocenters. The van der Waals surface area contributed by atoms with Gasteiger partial charge in [0, 0.05) is 0 Å². The highest BCUT2D eigenvalue weighted by Gasteiger charge is 2.32. The number of hydrogen-bond acceptors (Lipinski definition) is 4. The fraction of sp³-hybridized carbons (Fsp3) is 0.276. The molecule has 1 atom stereocenters. The van der Waals surface area contributed by atoms with E-state index in [1.54, 1.807) is 6.08 Å². The Labute approximate surface area is 212 Å². The smallest absolute Gasteiger partial charge is 0.416 e. The molecule has 0 saturated heterocycles. The molecule has 37 heavy (non-hydrogen) atoms. The minimum Gasteiger partial charge on any atom is -0.486 e. The third-order valence-corrected chi connectivity index (χ3v) is 6.44. The number of alkyl halides is 3. The van der Waals surface area contributed by atoms with E-state index in [1.807, 2.05) is 43.3 Å². The molecule has 1 aliphatic heterocycles. The highest BCUT2D eigenvalue weighted by molar-refractivity contribution is 5.79. The first-order chi connectivity index (χ1) is 17.7. The van der Waals surface area contributed by atoms with E-state index in [0.717, 1.165) is 28.3 Å². The van der Waals surface area contributed by atoms with E-state index >= 15 is 0 Å². The second kappa shape index (κ2) is 11.1. The SMILES string of the molecule is Cc1c(/C=C/c2cc(CCC(CO)C(=O)O)ccc2C(F)(F)F)cccc1-c1ccc2c(c1)OCCO2. The van der Waals surface area contributed by atoms with Gasteiger partial charge in [-0.3, -0.25) is 4.79 Å². The van der Waals surface area contributed by atoms with Crippen molar-refractivity contribution in [2.24, 2.45) is 5.92 Å². The fourth-order valence-corrected chi connectivity index (χ4v) is 4.33. The molecule has 194 valence electrons. The zero-order valence-corrected chi connectivity index (χ0v) is 20.2. The van der Waals surface area contributed by atoms with Crippen LogP contribution in [0.25, 0.3) is 23.3 Å². The zero-order chi connectivity index (χ0) is 26.6. The standard InChI is InChI=1S/C29H27F3O5/c1-18-20(3-2-4-24(18)21-10-12-26-27(16-21)37-14-13-36-26)8-9-22-15-19(5-7-23(17-33)28(34)35)6-11-25(22)29(30,31)32/h2-4,6,8-12,15-16,23,33H,5,7,13-14,17H2,1H3,(H,34,35)/b9-8+. The van der Waals surface area contributed by atoms with E-state index in [0.29, 0.717) is 30.3 Å². The molecule has 3 aromatic rings. The lowest BCUT2D eigenvalue weighted by molar-refractivity contribution is -0.143. The molecular weight excluding hydrogens is 485 g/mol. The van der Waals surface area contributed by atoms with Gasteiger partial charge in [-0.25, -0.2) is 0 Å². The Morgan fingerprint density at radius 1 is 1.00 bits per heavy atom. The molecule has 4 rings (SSSR count). The third kappa shape index (κ3) is 6.14.